The van der Waals surface area contributed by atoms with Gasteiger partial charge >= 0.3 is 0 Å². The molecule has 0 amide bonds. The molecule has 1 N–H and O–H groups in total. The van der Waals surface area contributed by atoms with Gasteiger partial charge in [0.05, 0.1) is 6.61 Å². The van der Waals surface area contributed by atoms with E-state index >= 15 is 0 Å². The van der Waals surface area contributed by atoms with Gasteiger partial charge in [0.25, 0.3) is 0 Å². The minimum absolute atomic E-state index is 0.0760. The first-order valence-electron chi connectivity index (χ1n) is 8.55. The van der Waals surface area contributed by atoms with Gasteiger partial charge in [-0.3, -0.25) is 9.69 Å². The number of aliphatic hydroxyl groups is 1. The van der Waals surface area contributed by atoms with Gasteiger partial charge in [0.1, 0.15) is 12.4 Å². The summed E-state index contributed by atoms with van der Waals surface area (Å²) in [6.45, 7) is 9.40. The average molecular weight is 319 g/mol. The van der Waals surface area contributed by atoms with Crippen LogP contribution in [-0.4, -0.2) is 42.0 Å². The van der Waals surface area contributed by atoms with Gasteiger partial charge in [-0.15, -0.1) is 0 Å². The van der Waals surface area contributed by atoms with E-state index in [0.29, 0.717) is 23.5 Å². The van der Waals surface area contributed by atoms with Crippen molar-refractivity contribution in [2.45, 2.75) is 46.6 Å². The van der Waals surface area contributed by atoms with E-state index in [9.17, 15) is 9.90 Å². The molecule has 0 saturated carbocycles. The van der Waals surface area contributed by atoms with E-state index in [-0.39, 0.29) is 12.4 Å². The topological polar surface area (TPSA) is 49.8 Å². The van der Waals surface area contributed by atoms with Gasteiger partial charge in [0.2, 0.25) is 0 Å². The van der Waals surface area contributed by atoms with Crippen LogP contribution in [0, 0.1) is 5.41 Å². The van der Waals surface area contributed by atoms with Crippen LogP contribution in [0.3, 0.4) is 0 Å². The number of ether oxygens (including phenoxy) is 1. The van der Waals surface area contributed by atoms with Crippen molar-refractivity contribution in [1.82, 2.24) is 4.90 Å². The number of hydrogen-bond donors (Lipinski definition) is 1. The van der Waals surface area contributed by atoms with Gasteiger partial charge in [-0.25, -0.2) is 0 Å². The summed E-state index contributed by atoms with van der Waals surface area (Å²) in [5.41, 5.74) is 0.882. The van der Waals surface area contributed by atoms with Crippen molar-refractivity contribution < 1.29 is 14.6 Å². The highest BCUT2D eigenvalue weighted by Gasteiger charge is 2.23. The van der Waals surface area contributed by atoms with E-state index in [1.165, 1.54) is 19.3 Å². The average Bonchev–Trinajstić information content (AvgIpc) is 2.54. The maximum absolute atomic E-state index is 12.3. The summed E-state index contributed by atoms with van der Waals surface area (Å²) in [4.78, 5) is 14.8. The van der Waals surface area contributed by atoms with Crippen LogP contribution in [0.5, 0.6) is 5.75 Å². The van der Waals surface area contributed by atoms with Crippen molar-refractivity contribution in [2.75, 3.05) is 26.2 Å². The lowest BCUT2D eigenvalue weighted by molar-refractivity contribution is 0.0858. The Morgan fingerprint density at radius 2 is 1.91 bits per heavy atom. The number of hydrogen-bond acceptors (Lipinski definition) is 4. The van der Waals surface area contributed by atoms with E-state index in [4.69, 9.17) is 4.74 Å². The lowest BCUT2D eigenvalue weighted by atomic mass is 9.86. The number of rotatable bonds is 6. The van der Waals surface area contributed by atoms with Gasteiger partial charge in [0, 0.05) is 23.1 Å². The first kappa shape index (κ1) is 18.0. The van der Waals surface area contributed by atoms with E-state index in [0.717, 1.165) is 19.6 Å². The molecule has 2 rings (SSSR count). The number of nitrogens with zero attached hydrogens (tertiary/aromatic N) is 1. The molecule has 0 aromatic heterocycles. The largest absolute Gasteiger partial charge is 0.492 e. The lowest BCUT2D eigenvalue weighted by Crippen LogP contribution is -2.33. The quantitative estimate of drug-likeness (QED) is 0.818. The van der Waals surface area contributed by atoms with Crippen molar-refractivity contribution in [1.29, 1.82) is 0 Å². The number of Topliss-reactive ketones (excluding diaryl/α,β-unsaturated/α-hetero) is 1. The Balaban J connectivity index is 1.97. The van der Waals surface area contributed by atoms with Crippen LogP contribution in [0.25, 0.3) is 0 Å². The first-order chi connectivity index (χ1) is 10.9. The summed E-state index contributed by atoms with van der Waals surface area (Å²) in [5, 5.41) is 9.57. The number of likely N-dealkylation sites (tertiary alicyclic amines) is 1. The van der Waals surface area contributed by atoms with E-state index in [1.807, 2.05) is 20.8 Å². The van der Waals surface area contributed by atoms with E-state index in [2.05, 4.69) is 4.90 Å². The second-order valence-corrected chi connectivity index (χ2v) is 7.31. The number of aliphatic hydroxyl groups excluding tert-OH is 1. The monoisotopic (exact) mass is 319 g/mol. The molecule has 0 aliphatic carbocycles. The highest BCUT2D eigenvalue weighted by Crippen LogP contribution is 2.26. The molecule has 1 fully saturated rings. The second kappa shape index (κ2) is 7.93. The molecule has 0 spiro atoms. The summed E-state index contributed by atoms with van der Waals surface area (Å²) >= 11 is 0. The highest BCUT2D eigenvalue weighted by atomic mass is 16.5. The molecule has 1 saturated heterocycles. The smallest absolute Gasteiger partial charge is 0.168 e. The zero-order chi connectivity index (χ0) is 16.9. The molecule has 4 nitrogen and oxygen atoms in total. The molecule has 0 atom stereocenters. The maximum atomic E-state index is 12.3. The van der Waals surface area contributed by atoms with Gasteiger partial charge in [-0.2, -0.15) is 0 Å². The van der Waals surface area contributed by atoms with Crippen molar-refractivity contribution in [3.63, 3.8) is 0 Å². The molecule has 1 aliphatic heterocycles. The molecule has 23 heavy (non-hydrogen) atoms. The Hall–Kier alpha value is -1.39. The minimum Gasteiger partial charge on any atom is -0.492 e. The number of piperidine rings is 1. The fraction of sp³-hybridized carbons (Fsp3) is 0.632. The molecule has 1 aromatic rings. The molecule has 128 valence electrons. The molecular formula is C19H29NO3. The second-order valence-electron chi connectivity index (χ2n) is 7.31. The number of carbonyl (C=O) groups is 1. The highest BCUT2D eigenvalue weighted by molar-refractivity contribution is 6.00. The number of benzene rings is 1. The lowest BCUT2D eigenvalue weighted by Gasteiger charge is -2.26. The molecule has 0 unspecified atom stereocenters. The Morgan fingerprint density at radius 1 is 1.22 bits per heavy atom. The summed E-state index contributed by atoms with van der Waals surface area (Å²) in [6, 6.07) is 5.35. The van der Waals surface area contributed by atoms with Crippen LogP contribution < -0.4 is 4.74 Å². The first-order valence-corrected chi connectivity index (χ1v) is 8.55. The summed E-state index contributed by atoms with van der Waals surface area (Å²) in [7, 11) is 0. The van der Waals surface area contributed by atoms with Crippen LogP contribution in [-0.2, 0) is 6.61 Å². The third kappa shape index (κ3) is 5.05. The van der Waals surface area contributed by atoms with Crippen molar-refractivity contribution in [3.8, 4) is 5.75 Å². The van der Waals surface area contributed by atoms with Crippen LogP contribution in [0.1, 0.15) is 56.0 Å². The minimum atomic E-state index is -0.427. The van der Waals surface area contributed by atoms with Gasteiger partial charge < -0.3 is 9.84 Å². The predicted molar refractivity (Wildman–Crippen MR) is 91.9 cm³/mol. The third-order valence-electron chi connectivity index (χ3n) is 4.29. The summed E-state index contributed by atoms with van der Waals surface area (Å²) < 4.78 is 5.84. The Bertz CT molecular complexity index is 528. The Kier molecular flexibility index (Phi) is 6.19. The molecule has 1 heterocycles. The third-order valence-corrected chi connectivity index (χ3v) is 4.29. The molecule has 0 radical (unpaired) electrons. The molecule has 1 aromatic carbocycles. The normalized spacial score (nSPS) is 16.3. The van der Waals surface area contributed by atoms with Gasteiger partial charge in [0.15, 0.2) is 5.78 Å². The maximum Gasteiger partial charge on any atom is 0.168 e. The Labute approximate surface area is 139 Å². The van der Waals surface area contributed by atoms with Gasteiger partial charge in [-0.05, 0) is 44.1 Å². The standard InChI is InChI=1S/C19H29NO3/c1-19(2,3)18(22)15-7-8-17(16(13-15)14-21)23-12-11-20-9-5-4-6-10-20/h7-8,13,21H,4-6,9-12,14H2,1-3H3. The zero-order valence-corrected chi connectivity index (χ0v) is 14.6. The zero-order valence-electron chi connectivity index (χ0n) is 14.6. The predicted octanol–water partition coefficient (Wildman–Crippen LogP) is 3.27. The number of ketones is 1. The van der Waals surface area contributed by atoms with Crippen molar-refractivity contribution in [2.24, 2.45) is 5.41 Å². The molecular weight excluding hydrogens is 290 g/mol. The molecule has 0 bridgehead atoms. The SMILES string of the molecule is CC(C)(C)C(=O)c1ccc(OCCN2CCCCC2)c(CO)c1. The van der Waals surface area contributed by atoms with Crippen LogP contribution in [0.15, 0.2) is 18.2 Å². The number of carbonyl (C=O) groups excluding carboxylic acids is 1. The summed E-state index contributed by atoms with van der Waals surface area (Å²) in [6.07, 6.45) is 3.87. The van der Waals surface area contributed by atoms with Crippen molar-refractivity contribution >= 4 is 5.78 Å². The fourth-order valence-electron chi connectivity index (χ4n) is 2.89. The van der Waals surface area contributed by atoms with E-state index < -0.39 is 5.41 Å². The Morgan fingerprint density at radius 3 is 2.52 bits per heavy atom. The van der Waals surface area contributed by atoms with Crippen LogP contribution in [0.2, 0.25) is 0 Å². The fourth-order valence-corrected chi connectivity index (χ4v) is 2.89. The van der Waals surface area contributed by atoms with Crippen LogP contribution >= 0.6 is 0 Å². The van der Waals surface area contributed by atoms with Gasteiger partial charge in [-0.1, -0.05) is 27.2 Å². The van der Waals surface area contributed by atoms with Crippen molar-refractivity contribution in [3.05, 3.63) is 29.3 Å². The van der Waals surface area contributed by atoms with E-state index in [1.54, 1.807) is 18.2 Å². The molecule has 4 heteroatoms. The van der Waals surface area contributed by atoms with Crippen LogP contribution in [0.4, 0.5) is 0 Å². The molecule has 1 aliphatic rings. The summed E-state index contributed by atoms with van der Waals surface area (Å²) in [5.74, 6) is 0.752.